The second-order valence-corrected chi connectivity index (χ2v) is 4.17. The first kappa shape index (κ1) is 14.3. The second-order valence-electron chi connectivity index (χ2n) is 3.81. The van der Waals surface area contributed by atoms with E-state index in [9.17, 15) is 0 Å². The first-order valence-corrected chi connectivity index (χ1v) is 6.17. The molecule has 1 aromatic heterocycles. The topological polar surface area (TPSA) is 84.0 Å². The molecule has 0 aliphatic heterocycles. The van der Waals surface area contributed by atoms with Crippen molar-refractivity contribution < 1.29 is 14.6 Å². The Hall–Kier alpha value is -2.12. The lowest BCUT2D eigenvalue weighted by molar-refractivity contribution is 0.207. The zero-order chi connectivity index (χ0) is 14.4. The summed E-state index contributed by atoms with van der Waals surface area (Å²) in [5.41, 5.74) is 1.03. The number of aromatic nitrogens is 2. The van der Waals surface area contributed by atoms with Crippen LogP contribution in [0.4, 0.5) is 11.5 Å². The van der Waals surface area contributed by atoms with E-state index >= 15 is 0 Å². The van der Waals surface area contributed by atoms with Gasteiger partial charge >= 0.3 is 0 Å². The van der Waals surface area contributed by atoms with Crippen molar-refractivity contribution in [3.05, 3.63) is 36.0 Å². The van der Waals surface area contributed by atoms with Crippen LogP contribution in [0.5, 0.6) is 0 Å². The number of halogens is 1. The van der Waals surface area contributed by atoms with Crippen LogP contribution in [0.2, 0.25) is 0 Å². The van der Waals surface area contributed by atoms with Crippen LogP contribution < -0.4 is 4.90 Å². The lowest BCUT2D eigenvalue weighted by atomic mass is 10.2. The van der Waals surface area contributed by atoms with E-state index in [1.54, 1.807) is 7.11 Å². The van der Waals surface area contributed by atoms with Gasteiger partial charge < -0.3 is 14.8 Å². The third-order valence-electron chi connectivity index (χ3n) is 2.60. The molecule has 20 heavy (non-hydrogen) atoms. The molecule has 2 rings (SSSR count). The number of hydrogen-bond acceptors (Lipinski definition) is 7. The molecule has 0 aliphatic carbocycles. The van der Waals surface area contributed by atoms with E-state index in [1.807, 2.05) is 35.2 Å². The monoisotopic (exact) mass is 296 g/mol. The van der Waals surface area contributed by atoms with Gasteiger partial charge in [0.25, 0.3) is 0 Å². The predicted molar refractivity (Wildman–Crippen MR) is 73.8 cm³/mol. The maximum atomic E-state index is 8.76. The molecule has 2 aromatic rings. The highest BCUT2D eigenvalue weighted by Gasteiger charge is 2.22. The Morgan fingerprint density at radius 2 is 2.15 bits per heavy atom. The highest BCUT2D eigenvalue weighted by atomic mass is 35.5. The summed E-state index contributed by atoms with van der Waals surface area (Å²) in [7, 11) is 1.60. The number of anilines is 2. The van der Waals surface area contributed by atoms with Crippen LogP contribution >= 0.6 is 11.6 Å². The minimum Gasteiger partial charge on any atom is -0.410 e. The Morgan fingerprint density at radius 3 is 2.80 bits per heavy atom. The van der Waals surface area contributed by atoms with E-state index in [0.717, 1.165) is 5.69 Å². The van der Waals surface area contributed by atoms with Crippen LogP contribution in [0, 0.1) is 0 Å². The lowest BCUT2D eigenvalue weighted by Crippen LogP contribution is -2.23. The van der Waals surface area contributed by atoms with Gasteiger partial charge in [-0.15, -0.1) is 0 Å². The van der Waals surface area contributed by atoms with Gasteiger partial charge in [0.1, 0.15) is 0 Å². The number of ether oxygens (including phenoxy) is 1. The Morgan fingerprint density at radius 1 is 1.40 bits per heavy atom. The molecule has 0 saturated carbocycles. The summed E-state index contributed by atoms with van der Waals surface area (Å²) in [6.45, 7) is 0.979. The molecule has 7 nitrogen and oxygen atoms in total. The first-order valence-electron chi connectivity index (χ1n) is 5.80. The van der Waals surface area contributed by atoms with Crippen LogP contribution in [-0.4, -0.2) is 41.0 Å². The van der Waals surface area contributed by atoms with Gasteiger partial charge in [-0.25, -0.2) is 4.63 Å². The fraction of sp³-hybridized carbons (Fsp3) is 0.250. The molecule has 0 amide bonds. The van der Waals surface area contributed by atoms with E-state index < -0.39 is 0 Å². The quantitative estimate of drug-likeness (QED) is 0.500. The average molecular weight is 297 g/mol. The number of para-hydroxylation sites is 1. The van der Waals surface area contributed by atoms with Crippen molar-refractivity contribution in [3.8, 4) is 0 Å². The zero-order valence-electron chi connectivity index (χ0n) is 10.7. The summed E-state index contributed by atoms with van der Waals surface area (Å²) >= 11 is 5.78. The molecule has 0 spiro atoms. The van der Waals surface area contributed by atoms with Crippen molar-refractivity contribution in [1.29, 1.82) is 0 Å². The van der Waals surface area contributed by atoms with E-state index in [2.05, 4.69) is 15.5 Å². The van der Waals surface area contributed by atoms with Crippen molar-refractivity contribution >= 4 is 28.3 Å². The zero-order valence-corrected chi connectivity index (χ0v) is 11.5. The van der Waals surface area contributed by atoms with Gasteiger partial charge in [0.05, 0.1) is 6.61 Å². The van der Waals surface area contributed by atoms with Crippen LogP contribution in [0.3, 0.4) is 0 Å². The highest BCUT2D eigenvalue weighted by Crippen LogP contribution is 2.26. The minimum atomic E-state index is -0.195. The highest BCUT2D eigenvalue weighted by molar-refractivity contribution is 6.69. The Labute approximate surface area is 120 Å². The molecular weight excluding hydrogens is 284 g/mol. The van der Waals surface area contributed by atoms with Gasteiger partial charge in [-0.1, -0.05) is 35.0 Å². The third kappa shape index (κ3) is 3.06. The summed E-state index contributed by atoms with van der Waals surface area (Å²) in [6.07, 6.45) is 0. The molecule has 0 unspecified atom stereocenters. The number of nitrogens with zero attached hydrogens (tertiary/aromatic N) is 4. The van der Waals surface area contributed by atoms with Gasteiger partial charge in [-0.05, 0) is 22.4 Å². The maximum absolute atomic E-state index is 8.76. The van der Waals surface area contributed by atoms with Crippen molar-refractivity contribution in [1.82, 2.24) is 10.3 Å². The van der Waals surface area contributed by atoms with E-state index in [4.69, 9.17) is 26.2 Å². The average Bonchev–Trinajstić information content (AvgIpc) is 2.97. The van der Waals surface area contributed by atoms with Gasteiger partial charge in [0, 0.05) is 19.3 Å². The molecule has 0 saturated heterocycles. The first-order chi connectivity index (χ1) is 9.77. The third-order valence-corrected chi connectivity index (χ3v) is 2.85. The molecule has 0 radical (unpaired) electrons. The smallest absolute Gasteiger partial charge is 0.208 e. The number of rotatable bonds is 6. The summed E-state index contributed by atoms with van der Waals surface area (Å²) in [6, 6.07) is 9.49. The van der Waals surface area contributed by atoms with Gasteiger partial charge in [0.15, 0.2) is 5.69 Å². The van der Waals surface area contributed by atoms with Crippen molar-refractivity contribution in [3.63, 3.8) is 0 Å². The van der Waals surface area contributed by atoms with E-state index in [0.29, 0.717) is 19.0 Å². The van der Waals surface area contributed by atoms with Crippen LogP contribution in [-0.2, 0) is 4.74 Å². The number of oxime groups is 1. The van der Waals surface area contributed by atoms with E-state index in [1.165, 1.54) is 0 Å². The Kier molecular flexibility index (Phi) is 4.91. The molecule has 8 heteroatoms. The fourth-order valence-electron chi connectivity index (χ4n) is 1.69. The fourth-order valence-corrected chi connectivity index (χ4v) is 1.81. The van der Waals surface area contributed by atoms with Crippen LogP contribution in [0.15, 0.2) is 40.1 Å². The molecule has 106 valence electrons. The molecule has 0 aliphatic rings. The summed E-state index contributed by atoms with van der Waals surface area (Å²) in [5.74, 6) is 0.357. The standard InChI is InChI=1S/C12H13ClN4O3/c1-19-8-7-17(9-5-3-2-4-6-9)12-10(11(13)14-18)15-20-16-12/h2-6,18H,7-8H2,1H3. The van der Waals surface area contributed by atoms with Crippen LogP contribution in [0.25, 0.3) is 0 Å². The lowest BCUT2D eigenvalue weighted by Gasteiger charge is -2.21. The SMILES string of the molecule is COCCN(c1ccccc1)c1nonc1C(Cl)=NO. The van der Waals surface area contributed by atoms with Crippen molar-refractivity contribution in [2.24, 2.45) is 5.16 Å². The Bertz CT molecular complexity index is 573. The molecule has 1 aromatic carbocycles. The number of hydrogen-bond donors (Lipinski definition) is 1. The largest absolute Gasteiger partial charge is 0.410 e. The second kappa shape index (κ2) is 6.88. The summed E-state index contributed by atoms with van der Waals surface area (Å²) in [4.78, 5) is 1.81. The minimum absolute atomic E-state index is 0.161. The van der Waals surface area contributed by atoms with Crippen molar-refractivity contribution in [2.75, 3.05) is 25.2 Å². The van der Waals surface area contributed by atoms with Crippen molar-refractivity contribution in [2.45, 2.75) is 0 Å². The summed E-state index contributed by atoms with van der Waals surface area (Å²) < 4.78 is 9.78. The number of benzene rings is 1. The van der Waals surface area contributed by atoms with Gasteiger partial charge in [0.2, 0.25) is 11.0 Å². The Balaban J connectivity index is 2.39. The maximum Gasteiger partial charge on any atom is 0.208 e. The normalized spacial score (nSPS) is 11.6. The van der Waals surface area contributed by atoms with Gasteiger partial charge in [-0.3, -0.25) is 0 Å². The molecular formula is C12H13ClN4O3. The molecule has 0 bridgehead atoms. The molecule has 1 heterocycles. The summed E-state index contributed by atoms with van der Waals surface area (Å²) in [5, 5.41) is 19.0. The number of methoxy groups -OCH3 is 1. The van der Waals surface area contributed by atoms with E-state index in [-0.39, 0.29) is 10.9 Å². The molecule has 1 N–H and O–H groups in total. The molecule has 0 fully saturated rings. The predicted octanol–water partition coefficient (Wildman–Crippen LogP) is 2.23. The van der Waals surface area contributed by atoms with Gasteiger partial charge in [-0.2, -0.15) is 0 Å². The molecule has 0 atom stereocenters. The van der Waals surface area contributed by atoms with Crippen LogP contribution in [0.1, 0.15) is 5.69 Å².